The van der Waals surface area contributed by atoms with E-state index in [9.17, 15) is 18.0 Å². The third kappa shape index (κ3) is 8.23. The minimum absolute atomic E-state index is 0.0151. The molecule has 0 aromatic heterocycles. The van der Waals surface area contributed by atoms with Crippen LogP contribution in [0.15, 0.2) is 106 Å². The van der Waals surface area contributed by atoms with Gasteiger partial charge in [-0.15, -0.1) is 0 Å². The average Bonchev–Trinajstić information content (AvgIpc) is 3.05. The molecule has 1 N–H and O–H groups in total. The summed E-state index contributed by atoms with van der Waals surface area (Å²) in [6.45, 7) is 1.34. The van der Waals surface area contributed by atoms with E-state index in [-0.39, 0.29) is 29.5 Å². The number of ether oxygens (including phenoxy) is 2. The molecular formula is C34H36BrN3O6S. The summed E-state index contributed by atoms with van der Waals surface area (Å²) in [5.41, 5.74) is 2.70. The number of nitrogens with one attached hydrogen (secondary N) is 1. The first-order valence-electron chi connectivity index (χ1n) is 14.2. The molecule has 0 saturated heterocycles. The molecule has 0 radical (unpaired) electrons. The van der Waals surface area contributed by atoms with Crippen LogP contribution in [0.2, 0.25) is 0 Å². The molecule has 0 heterocycles. The second-order valence-corrected chi connectivity index (χ2v) is 13.1. The van der Waals surface area contributed by atoms with Gasteiger partial charge in [0.25, 0.3) is 10.0 Å². The van der Waals surface area contributed by atoms with Gasteiger partial charge >= 0.3 is 0 Å². The Labute approximate surface area is 273 Å². The second kappa shape index (κ2) is 15.1. The van der Waals surface area contributed by atoms with Crippen LogP contribution in [0, 0.1) is 6.92 Å². The first-order chi connectivity index (χ1) is 21.6. The first-order valence-corrected chi connectivity index (χ1v) is 16.4. The van der Waals surface area contributed by atoms with Crippen molar-refractivity contribution in [1.82, 2.24) is 10.2 Å². The molecule has 0 aliphatic rings. The van der Waals surface area contributed by atoms with E-state index in [1.54, 1.807) is 24.3 Å². The molecule has 2 amide bonds. The molecule has 0 unspecified atom stereocenters. The zero-order chi connectivity index (χ0) is 32.6. The Kier molecular flexibility index (Phi) is 11.2. The molecule has 1 atom stereocenters. The number of likely N-dealkylation sites (N-methyl/N-ethyl adjacent to an activating group) is 1. The minimum atomic E-state index is -4.25. The molecule has 45 heavy (non-hydrogen) atoms. The largest absolute Gasteiger partial charge is 0.493 e. The molecule has 4 aromatic carbocycles. The standard InChI is InChI=1S/C34H36BrN3O6S/c1-24-13-16-29(17-14-24)45(41,42)38(28-15-18-31(43-3)32(21-28)44-4)23-33(39)37(22-26-11-8-12-27(35)19-26)30(34(40)36-2)20-25-9-6-5-7-10-25/h5-19,21,30H,20,22-23H2,1-4H3,(H,36,40)/t30-/m1/s1. The topological polar surface area (TPSA) is 105 Å². The lowest BCUT2D eigenvalue weighted by atomic mass is 10.0. The fraction of sp³-hybridized carbons (Fsp3) is 0.235. The van der Waals surface area contributed by atoms with Crippen LogP contribution >= 0.6 is 15.9 Å². The number of hydrogen-bond acceptors (Lipinski definition) is 6. The number of carbonyl (C=O) groups is 2. The lowest BCUT2D eigenvalue weighted by molar-refractivity contribution is -0.139. The molecular weight excluding hydrogens is 658 g/mol. The van der Waals surface area contributed by atoms with Crippen LogP contribution in [0.3, 0.4) is 0 Å². The van der Waals surface area contributed by atoms with Crippen LogP contribution in [0.4, 0.5) is 5.69 Å². The Hall–Kier alpha value is -4.35. The van der Waals surface area contributed by atoms with Crippen molar-refractivity contribution in [3.63, 3.8) is 0 Å². The number of sulfonamides is 1. The van der Waals surface area contributed by atoms with Gasteiger partial charge in [-0.2, -0.15) is 0 Å². The first kappa shape index (κ1) is 33.5. The molecule has 0 saturated carbocycles. The summed E-state index contributed by atoms with van der Waals surface area (Å²) < 4.78 is 41.1. The van der Waals surface area contributed by atoms with Gasteiger partial charge in [0.1, 0.15) is 12.6 Å². The van der Waals surface area contributed by atoms with E-state index < -0.39 is 28.5 Å². The predicted molar refractivity (Wildman–Crippen MR) is 178 cm³/mol. The summed E-state index contributed by atoms with van der Waals surface area (Å²) in [6.07, 6.45) is 0.224. The van der Waals surface area contributed by atoms with Gasteiger partial charge in [0.2, 0.25) is 11.8 Å². The van der Waals surface area contributed by atoms with Crippen molar-refractivity contribution in [1.29, 1.82) is 0 Å². The monoisotopic (exact) mass is 693 g/mol. The predicted octanol–water partition coefficient (Wildman–Crippen LogP) is 5.36. The van der Waals surface area contributed by atoms with E-state index in [0.717, 1.165) is 25.5 Å². The molecule has 0 fully saturated rings. The van der Waals surface area contributed by atoms with Crippen molar-refractivity contribution in [3.8, 4) is 11.5 Å². The number of halogens is 1. The lowest BCUT2D eigenvalue weighted by Gasteiger charge is -2.33. The van der Waals surface area contributed by atoms with Crippen molar-refractivity contribution in [2.75, 3.05) is 32.1 Å². The molecule has 11 heteroatoms. The SMILES string of the molecule is CNC(=O)[C@@H](Cc1ccccc1)N(Cc1cccc(Br)c1)C(=O)CN(c1ccc(OC)c(OC)c1)S(=O)(=O)c1ccc(C)cc1. The number of anilines is 1. The Bertz CT molecular complexity index is 1730. The normalized spacial score (nSPS) is 11.8. The van der Waals surface area contributed by atoms with Crippen molar-refractivity contribution in [2.45, 2.75) is 30.8 Å². The van der Waals surface area contributed by atoms with Crippen molar-refractivity contribution < 1.29 is 27.5 Å². The Balaban J connectivity index is 1.83. The molecule has 0 aliphatic heterocycles. The van der Waals surface area contributed by atoms with Gasteiger partial charge in [0, 0.05) is 30.6 Å². The van der Waals surface area contributed by atoms with Crippen molar-refractivity contribution in [3.05, 3.63) is 118 Å². The van der Waals surface area contributed by atoms with Gasteiger partial charge in [-0.1, -0.05) is 76.1 Å². The van der Waals surface area contributed by atoms with Crippen LogP contribution in [-0.4, -0.2) is 59.0 Å². The number of rotatable bonds is 13. The van der Waals surface area contributed by atoms with Gasteiger partial charge in [-0.05, 0) is 54.4 Å². The van der Waals surface area contributed by atoms with Crippen molar-refractivity contribution in [2.24, 2.45) is 0 Å². The third-order valence-electron chi connectivity index (χ3n) is 7.30. The zero-order valence-corrected chi connectivity index (χ0v) is 28.0. The van der Waals surface area contributed by atoms with E-state index in [4.69, 9.17) is 9.47 Å². The number of carbonyl (C=O) groups excluding carboxylic acids is 2. The Morgan fingerprint density at radius 2 is 1.51 bits per heavy atom. The number of aryl methyl sites for hydroxylation is 1. The highest BCUT2D eigenvalue weighted by molar-refractivity contribution is 9.10. The Morgan fingerprint density at radius 1 is 0.844 bits per heavy atom. The summed E-state index contributed by atoms with van der Waals surface area (Å²) in [5.74, 6) is -0.241. The molecule has 9 nitrogen and oxygen atoms in total. The average molecular weight is 695 g/mol. The Morgan fingerprint density at radius 3 is 2.13 bits per heavy atom. The number of methoxy groups -OCH3 is 2. The van der Waals surface area contributed by atoms with Crippen LogP contribution < -0.4 is 19.1 Å². The molecule has 0 spiro atoms. The third-order valence-corrected chi connectivity index (χ3v) is 9.58. The van der Waals surface area contributed by atoms with Gasteiger partial charge in [0.15, 0.2) is 11.5 Å². The van der Waals surface area contributed by atoms with Gasteiger partial charge in [-0.25, -0.2) is 8.42 Å². The number of amides is 2. The summed E-state index contributed by atoms with van der Waals surface area (Å²) >= 11 is 3.48. The highest BCUT2D eigenvalue weighted by Crippen LogP contribution is 2.34. The van der Waals surface area contributed by atoms with Gasteiger partial charge in [-0.3, -0.25) is 13.9 Å². The van der Waals surface area contributed by atoms with E-state index in [2.05, 4.69) is 21.2 Å². The maximum atomic E-state index is 14.5. The zero-order valence-electron chi connectivity index (χ0n) is 25.6. The van der Waals surface area contributed by atoms with Gasteiger partial charge in [0.05, 0.1) is 24.8 Å². The van der Waals surface area contributed by atoms with E-state index in [1.807, 2.05) is 61.5 Å². The van der Waals surface area contributed by atoms with Crippen LogP contribution in [0.25, 0.3) is 0 Å². The van der Waals surface area contributed by atoms with Gasteiger partial charge < -0.3 is 19.7 Å². The fourth-order valence-electron chi connectivity index (χ4n) is 4.90. The number of nitrogens with zero attached hydrogens (tertiary/aromatic N) is 2. The quantitative estimate of drug-likeness (QED) is 0.202. The molecule has 4 aromatic rings. The summed E-state index contributed by atoms with van der Waals surface area (Å²) in [6, 6.07) is 26.9. The van der Waals surface area contributed by atoms with Crippen molar-refractivity contribution >= 4 is 43.5 Å². The maximum absolute atomic E-state index is 14.5. The van der Waals surface area contributed by atoms with Crippen LogP contribution in [0.1, 0.15) is 16.7 Å². The molecule has 236 valence electrons. The minimum Gasteiger partial charge on any atom is -0.493 e. The summed E-state index contributed by atoms with van der Waals surface area (Å²) in [4.78, 5) is 29.3. The number of benzene rings is 4. The summed E-state index contributed by atoms with van der Waals surface area (Å²) in [5, 5.41) is 2.69. The van der Waals surface area contributed by atoms with Crippen LogP contribution in [0.5, 0.6) is 11.5 Å². The summed E-state index contributed by atoms with van der Waals surface area (Å²) in [7, 11) is 0.188. The van der Waals surface area contributed by atoms with E-state index in [0.29, 0.717) is 11.5 Å². The highest BCUT2D eigenvalue weighted by atomic mass is 79.9. The smallest absolute Gasteiger partial charge is 0.264 e. The second-order valence-electron chi connectivity index (χ2n) is 10.3. The maximum Gasteiger partial charge on any atom is 0.264 e. The lowest BCUT2D eigenvalue weighted by Crippen LogP contribution is -2.53. The highest BCUT2D eigenvalue weighted by Gasteiger charge is 2.34. The molecule has 0 bridgehead atoms. The van der Waals surface area contributed by atoms with E-state index in [1.165, 1.54) is 44.4 Å². The molecule has 4 rings (SSSR count). The van der Waals surface area contributed by atoms with Crippen LogP contribution in [-0.2, 0) is 32.6 Å². The molecule has 0 aliphatic carbocycles. The fourth-order valence-corrected chi connectivity index (χ4v) is 6.75. The number of hydrogen-bond donors (Lipinski definition) is 1. The van der Waals surface area contributed by atoms with E-state index >= 15 is 0 Å².